The molecule has 1 atom stereocenters. The van der Waals surface area contributed by atoms with Crippen LogP contribution in [-0.4, -0.2) is 44.8 Å². The second kappa shape index (κ2) is 4.91. The predicted molar refractivity (Wildman–Crippen MR) is 84.2 cm³/mol. The fourth-order valence-electron chi connectivity index (χ4n) is 3.31. The second-order valence-corrected chi connectivity index (χ2v) is 7.01. The lowest BCUT2D eigenvalue weighted by molar-refractivity contribution is -0.122. The summed E-state index contributed by atoms with van der Waals surface area (Å²) >= 11 is 0. The molecule has 1 amide bonds. The number of aromatic nitrogens is 4. The molecule has 2 aromatic rings. The highest BCUT2D eigenvalue weighted by Gasteiger charge is 2.33. The minimum absolute atomic E-state index is 0.232. The molecule has 2 aromatic heterocycles. The Labute approximate surface area is 134 Å². The number of amides is 1. The second-order valence-electron chi connectivity index (χ2n) is 7.01. The van der Waals surface area contributed by atoms with Gasteiger partial charge in [0.05, 0.1) is 0 Å². The smallest absolute Gasteiger partial charge is 0.223 e. The maximum absolute atomic E-state index is 11.9. The van der Waals surface area contributed by atoms with Gasteiger partial charge in [0.1, 0.15) is 5.82 Å². The molecule has 1 saturated heterocycles. The first kappa shape index (κ1) is 13.3. The lowest BCUT2D eigenvalue weighted by Gasteiger charge is -2.18. The Morgan fingerprint density at radius 1 is 1.13 bits per heavy atom. The first-order valence-corrected chi connectivity index (χ1v) is 8.55. The third-order valence-electron chi connectivity index (χ3n) is 5.02. The van der Waals surface area contributed by atoms with Gasteiger partial charge in [-0.05, 0) is 44.2 Å². The molecule has 23 heavy (non-hydrogen) atoms. The number of anilines is 1. The summed E-state index contributed by atoms with van der Waals surface area (Å²) in [5.41, 5.74) is 0.813. The number of hydrogen-bond acceptors (Lipinski definition) is 5. The number of nitrogens with zero attached hydrogens (tertiary/aromatic N) is 5. The standard InChI is InChI=1S/C16H20N6O/c23-16(11-3-4-11)17-12-7-8-21(9-12)14-6-5-13-18-19-15(10-1-2-10)22(13)20-14/h5-6,10-12H,1-4,7-9H2,(H,17,23). The summed E-state index contributed by atoms with van der Waals surface area (Å²) in [6, 6.07) is 4.23. The van der Waals surface area contributed by atoms with Crippen LogP contribution in [0.15, 0.2) is 12.1 Å². The van der Waals surface area contributed by atoms with E-state index < -0.39 is 0 Å². The van der Waals surface area contributed by atoms with Gasteiger partial charge in [-0.3, -0.25) is 4.79 Å². The molecule has 0 bridgehead atoms. The Morgan fingerprint density at radius 3 is 2.78 bits per heavy atom. The van der Waals surface area contributed by atoms with E-state index in [-0.39, 0.29) is 17.9 Å². The first-order valence-electron chi connectivity index (χ1n) is 8.55. The molecule has 3 aliphatic rings. The van der Waals surface area contributed by atoms with Crippen molar-refractivity contribution in [3.05, 3.63) is 18.0 Å². The minimum atomic E-state index is 0.232. The van der Waals surface area contributed by atoms with E-state index in [2.05, 4.69) is 20.4 Å². The van der Waals surface area contributed by atoms with Gasteiger partial charge in [0.25, 0.3) is 0 Å². The summed E-state index contributed by atoms with van der Waals surface area (Å²) in [5.74, 6) is 2.96. The van der Waals surface area contributed by atoms with Crippen LogP contribution in [0.3, 0.4) is 0 Å². The number of carbonyl (C=O) groups is 1. The van der Waals surface area contributed by atoms with Crippen molar-refractivity contribution < 1.29 is 4.79 Å². The highest BCUT2D eigenvalue weighted by molar-refractivity contribution is 5.81. The molecule has 2 saturated carbocycles. The van der Waals surface area contributed by atoms with Gasteiger partial charge in [-0.25, -0.2) is 0 Å². The first-order chi connectivity index (χ1) is 11.3. The van der Waals surface area contributed by atoms with Gasteiger partial charge in [0, 0.05) is 31.0 Å². The molecule has 1 N–H and O–H groups in total. The number of rotatable bonds is 4. The van der Waals surface area contributed by atoms with Crippen molar-refractivity contribution in [3.8, 4) is 0 Å². The van der Waals surface area contributed by atoms with Crippen LogP contribution < -0.4 is 10.2 Å². The highest BCUT2D eigenvalue weighted by atomic mass is 16.2. The van der Waals surface area contributed by atoms with Crippen LogP contribution in [-0.2, 0) is 4.79 Å². The zero-order valence-electron chi connectivity index (χ0n) is 13.0. The Bertz CT molecular complexity index is 763. The lowest BCUT2D eigenvalue weighted by atomic mass is 10.2. The minimum Gasteiger partial charge on any atom is -0.353 e. The normalized spacial score (nSPS) is 24.3. The molecule has 0 spiro atoms. The van der Waals surface area contributed by atoms with Crippen molar-refractivity contribution in [2.75, 3.05) is 18.0 Å². The SMILES string of the molecule is O=C(NC1CCN(c2ccc3nnc(C4CC4)n3n2)C1)C1CC1. The molecule has 1 unspecified atom stereocenters. The van der Waals surface area contributed by atoms with Gasteiger partial charge in [0.15, 0.2) is 11.5 Å². The lowest BCUT2D eigenvalue weighted by Crippen LogP contribution is -2.38. The maximum atomic E-state index is 11.9. The van der Waals surface area contributed by atoms with Gasteiger partial charge in [-0.1, -0.05) is 0 Å². The third kappa shape index (κ3) is 2.44. The Kier molecular flexibility index (Phi) is 2.83. The van der Waals surface area contributed by atoms with Crippen molar-refractivity contribution in [2.45, 2.75) is 44.1 Å². The molecule has 1 aliphatic heterocycles. The molecule has 5 rings (SSSR count). The monoisotopic (exact) mass is 312 g/mol. The van der Waals surface area contributed by atoms with Crippen molar-refractivity contribution in [3.63, 3.8) is 0 Å². The molecule has 120 valence electrons. The number of fused-ring (bicyclic) bond motifs is 1. The summed E-state index contributed by atoms with van der Waals surface area (Å²) in [7, 11) is 0. The summed E-state index contributed by atoms with van der Waals surface area (Å²) in [4.78, 5) is 14.1. The summed E-state index contributed by atoms with van der Waals surface area (Å²) in [5, 5.41) is 16.4. The predicted octanol–water partition coefficient (Wildman–Crippen LogP) is 1.11. The molecule has 7 heteroatoms. The Morgan fingerprint density at radius 2 is 2.00 bits per heavy atom. The average Bonchev–Trinajstić information content (AvgIpc) is 3.49. The van der Waals surface area contributed by atoms with E-state index in [1.54, 1.807) is 0 Å². The van der Waals surface area contributed by atoms with E-state index in [1.807, 2.05) is 16.6 Å². The van der Waals surface area contributed by atoms with E-state index in [9.17, 15) is 4.79 Å². The molecular formula is C16H20N6O. The average molecular weight is 312 g/mol. The van der Waals surface area contributed by atoms with Crippen LogP contribution in [0, 0.1) is 5.92 Å². The van der Waals surface area contributed by atoms with Crippen molar-refractivity contribution in [2.24, 2.45) is 5.92 Å². The zero-order valence-corrected chi connectivity index (χ0v) is 13.0. The van der Waals surface area contributed by atoms with Crippen LogP contribution in [0.25, 0.3) is 5.65 Å². The largest absolute Gasteiger partial charge is 0.353 e. The van der Waals surface area contributed by atoms with E-state index in [4.69, 9.17) is 5.10 Å². The van der Waals surface area contributed by atoms with E-state index in [1.165, 1.54) is 12.8 Å². The zero-order chi connectivity index (χ0) is 15.4. The number of nitrogens with one attached hydrogen (secondary N) is 1. The number of hydrogen-bond donors (Lipinski definition) is 1. The quantitative estimate of drug-likeness (QED) is 0.915. The Balaban J connectivity index is 1.34. The summed E-state index contributed by atoms with van der Waals surface area (Å²) in [6.07, 6.45) is 5.46. The van der Waals surface area contributed by atoms with E-state index in [0.29, 0.717) is 5.92 Å². The molecule has 7 nitrogen and oxygen atoms in total. The number of carbonyl (C=O) groups excluding carboxylic acids is 1. The molecule has 2 aliphatic carbocycles. The van der Waals surface area contributed by atoms with Gasteiger partial charge in [-0.15, -0.1) is 15.3 Å². The van der Waals surface area contributed by atoms with Crippen LogP contribution >= 0.6 is 0 Å². The maximum Gasteiger partial charge on any atom is 0.223 e. The fraction of sp³-hybridized carbons (Fsp3) is 0.625. The van der Waals surface area contributed by atoms with Crippen LogP contribution in [0.5, 0.6) is 0 Å². The van der Waals surface area contributed by atoms with Gasteiger partial charge in [0.2, 0.25) is 5.91 Å². The molecular weight excluding hydrogens is 292 g/mol. The van der Waals surface area contributed by atoms with E-state index >= 15 is 0 Å². The molecule has 3 fully saturated rings. The topological polar surface area (TPSA) is 75.4 Å². The highest BCUT2D eigenvalue weighted by Crippen LogP contribution is 2.38. The van der Waals surface area contributed by atoms with Crippen molar-refractivity contribution in [1.82, 2.24) is 25.1 Å². The van der Waals surface area contributed by atoms with E-state index in [0.717, 1.165) is 49.6 Å². The third-order valence-corrected chi connectivity index (χ3v) is 5.02. The Hall–Kier alpha value is -2.18. The van der Waals surface area contributed by atoms with Gasteiger partial charge >= 0.3 is 0 Å². The van der Waals surface area contributed by atoms with Crippen molar-refractivity contribution >= 4 is 17.4 Å². The summed E-state index contributed by atoms with van der Waals surface area (Å²) in [6.45, 7) is 1.76. The van der Waals surface area contributed by atoms with Crippen LogP contribution in [0.1, 0.15) is 43.8 Å². The molecule has 0 aromatic carbocycles. The summed E-state index contributed by atoms with van der Waals surface area (Å²) < 4.78 is 1.89. The van der Waals surface area contributed by atoms with Gasteiger partial charge < -0.3 is 10.2 Å². The van der Waals surface area contributed by atoms with Crippen LogP contribution in [0.4, 0.5) is 5.82 Å². The fourth-order valence-corrected chi connectivity index (χ4v) is 3.31. The van der Waals surface area contributed by atoms with Crippen LogP contribution in [0.2, 0.25) is 0 Å². The van der Waals surface area contributed by atoms with Crippen molar-refractivity contribution in [1.29, 1.82) is 0 Å². The van der Waals surface area contributed by atoms with Gasteiger partial charge in [-0.2, -0.15) is 4.52 Å². The molecule has 3 heterocycles. The molecule has 0 radical (unpaired) electrons.